The molecule has 0 aromatic heterocycles. The van der Waals surface area contributed by atoms with E-state index in [1.54, 1.807) is 73.8 Å². The van der Waals surface area contributed by atoms with Crippen molar-refractivity contribution in [2.75, 3.05) is 13.7 Å². The molecule has 3 aromatic carbocycles. The lowest BCUT2D eigenvalue weighted by molar-refractivity contribution is 0.0921. The number of ketones is 2. The van der Waals surface area contributed by atoms with Crippen molar-refractivity contribution in [3.8, 4) is 17.2 Å². The van der Waals surface area contributed by atoms with Crippen LogP contribution in [-0.2, 0) is 0 Å². The first-order valence-electron chi connectivity index (χ1n) is 9.28. The summed E-state index contributed by atoms with van der Waals surface area (Å²) < 4.78 is 16.4. The molecule has 5 nitrogen and oxygen atoms in total. The number of ether oxygens (including phenoxy) is 3. The summed E-state index contributed by atoms with van der Waals surface area (Å²) in [6.07, 6.45) is 1.55. The topological polar surface area (TPSA) is 61.8 Å². The summed E-state index contributed by atoms with van der Waals surface area (Å²) in [6.45, 7) is -0.153. The Balaban J connectivity index is 1.47. The first-order chi connectivity index (χ1) is 15.0. The summed E-state index contributed by atoms with van der Waals surface area (Å²) in [4.78, 5) is 25.0. The molecular formula is C24H16Cl2O5. The van der Waals surface area contributed by atoms with E-state index in [9.17, 15) is 9.59 Å². The molecule has 0 N–H and O–H groups in total. The highest BCUT2D eigenvalue weighted by molar-refractivity contribution is 6.43. The van der Waals surface area contributed by atoms with E-state index >= 15 is 0 Å². The van der Waals surface area contributed by atoms with E-state index in [1.807, 2.05) is 0 Å². The van der Waals surface area contributed by atoms with Gasteiger partial charge >= 0.3 is 0 Å². The van der Waals surface area contributed by atoms with Crippen LogP contribution in [0.5, 0.6) is 17.2 Å². The van der Waals surface area contributed by atoms with Crippen LogP contribution in [0.2, 0.25) is 10.0 Å². The Kier molecular flexibility index (Phi) is 5.98. The van der Waals surface area contributed by atoms with E-state index in [2.05, 4.69) is 0 Å². The number of benzene rings is 3. The molecule has 0 spiro atoms. The largest absolute Gasteiger partial charge is 0.497 e. The smallest absolute Gasteiger partial charge is 0.231 e. The highest BCUT2D eigenvalue weighted by Gasteiger charge is 2.28. The SMILES string of the molecule is COc1ccc(C(=O)COc2ccc3c(c2)O/C(=C\c2cccc(Cl)c2Cl)C3=O)cc1. The van der Waals surface area contributed by atoms with Crippen LogP contribution in [0.15, 0.2) is 66.4 Å². The predicted octanol–water partition coefficient (Wildman–Crippen LogP) is 5.88. The number of Topliss-reactive ketones (excluding diaryl/α,β-unsaturated/α-hetero) is 2. The number of hydrogen-bond acceptors (Lipinski definition) is 5. The van der Waals surface area contributed by atoms with Crippen LogP contribution in [0.4, 0.5) is 0 Å². The van der Waals surface area contributed by atoms with Gasteiger partial charge in [0.25, 0.3) is 0 Å². The molecule has 0 radical (unpaired) electrons. The first kappa shape index (κ1) is 21.0. The normalized spacial score (nSPS) is 13.6. The molecular weight excluding hydrogens is 439 g/mol. The fourth-order valence-electron chi connectivity index (χ4n) is 3.04. The Labute approximate surface area is 188 Å². The van der Waals surface area contributed by atoms with Crippen LogP contribution < -0.4 is 14.2 Å². The maximum atomic E-state index is 12.6. The fraction of sp³-hybridized carbons (Fsp3) is 0.0833. The Hall–Kier alpha value is -3.28. The molecule has 7 heteroatoms. The summed E-state index contributed by atoms with van der Waals surface area (Å²) in [5.74, 6) is 1.11. The number of carbonyl (C=O) groups excluding carboxylic acids is 2. The number of methoxy groups -OCH3 is 1. The number of fused-ring (bicyclic) bond motifs is 1. The maximum absolute atomic E-state index is 12.6. The average molecular weight is 455 g/mol. The third-order valence-corrected chi connectivity index (χ3v) is 5.52. The monoisotopic (exact) mass is 454 g/mol. The maximum Gasteiger partial charge on any atom is 0.231 e. The van der Waals surface area contributed by atoms with E-state index in [-0.39, 0.29) is 23.9 Å². The van der Waals surface area contributed by atoms with Crippen LogP contribution >= 0.6 is 23.2 Å². The molecule has 0 bridgehead atoms. The lowest BCUT2D eigenvalue weighted by Gasteiger charge is -2.07. The second-order valence-corrected chi connectivity index (χ2v) is 7.47. The van der Waals surface area contributed by atoms with Crippen molar-refractivity contribution in [1.29, 1.82) is 0 Å². The molecule has 1 heterocycles. The average Bonchev–Trinajstić information content (AvgIpc) is 3.10. The van der Waals surface area contributed by atoms with Crippen LogP contribution in [0.1, 0.15) is 26.3 Å². The third kappa shape index (κ3) is 4.43. The van der Waals surface area contributed by atoms with Crippen molar-refractivity contribution in [1.82, 2.24) is 0 Å². The van der Waals surface area contributed by atoms with Gasteiger partial charge in [0.2, 0.25) is 5.78 Å². The van der Waals surface area contributed by atoms with Crippen molar-refractivity contribution in [3.05, 3.63) is 93.2 Å². The molecule has 4 rings (SSSR count). The highest BCUT2D eigenvalue weighted by Crippen LogP contribution is 2.36. The quantitative estimate of drug-likeness (QED) is 0.343. The van der Waals surface area contributed by atoms with Crippen LogP contribution in [0.3, 0.4) is 0 Å². The lowest BCUT2D eigenvalue weighted by atomic mass is 10.1. The van der Waals surface area contributed by atoms with Gasteiger partial charge in [-0.15, -0.1) is 0 Å². The zero-order chi connectivity index (χ0) is 22.0. The van der Waals surface area contributed by atoms with Gasteiger partial charge in [0.05, 0.1) is 22.7 Å². The summed E-state index contributed by atoms with van der Waals surface area (Å²) in [6, 6.07) is 16.7. The van der Waals surface area contributed by atoms with Crippen molar-refractivity contribution in [3.63, 3.8) is 0 Å². The molecule has 0 amide bonds. The first-order valence-corrected chi connectivity index (χ1v) is 10.0. The van der Waals surface area contributed by atoms with Crippen molar-refractivity contribution >= 4 is 40.8 Å². The van der Waals surface area contributed by atoms with Gasteiger partial charge in [-0.3, -0.25) is 9.59 Å². The molecule has 3 aromatic rings. The van der Waals surface area contributed by atoms with Gasteiger partial charge in [0.1, 0.15) is 17.2 Å². The lowest BCUT2D eigenvalue weighted by Crippen LogP contribution is -2.11. The highest BCUT2D eigenvalue weighted by atomic mass is 35.5. The predicted molar refractivity (Wildman–Crippen MR) is 119 cm³/mol. The minimum Gasteiger partial charge on any atom is -0.497 e. The number of allylic oxidation sites excluding steroid dienone is 1. The van der Waals surface area contributed by atoms with Gasteiger partial charge in [-0.1, -0.05) is 35.3 Å². The standard InChI is InChI=1S/C24H16Cl2O5/c1-29-16-7-5-14(6-8-16)20(27)13-30-17-9-10-18-21(12-17)31-22(24(18)28)11-15-3-2-4-19(25)23(15)26/h2-12H,13H2,1H3/b22-11-. The number of halogens is 2. The van der Waals surface area contributed by atoms with Gasteiger partial charge in [0, 0.05) is 11.6 Å². The van der Waals surface area contributed by atoms with E-state index in [0.29, 0.717) is 44.0 Å². The van der Waals surface area contributed by atoms with Gasteiger partial charge in [0.15, 0.2) is 18.1 Å². The summed E-state index contributed by atoms with van der Waals surface area (Å²) in [5.41, 5.74) is 1.49. The molecule has 0 atom stereocenters. The zero-order valence-electron chi connectivity index (χ0n) is 16.4. The minimum absolute atomic E-state index is 0.130. The number of rotatable bonds is 6. The Morgan fingerprint density at radius 3 is 2.52 bits per heavy atom. The van der Waals surface area contributed by atoms with Crippen molar-refractivity contribution in [2.24, 2.45) is 0 Å². The van der Waals surface area contributed by atoms with Crippen LogP contribution in [-0.4, -0.2) is 25.3 Å². The van der Waals surface area contributed by atoms with E-state index in [4.69, 9.17) is 37.4 Å². The van der Waals surface area contributed by atoms with Gasteiger partial charge in [-0.2, -0.15) is 0 Å². The molecule has 0 saturated heterocycles. The van der Waals surface area contributed by atoms with E-state index < -0.39 is 0 Å². The molecule has 0 aliphatic carbocycles. The third-order valence-electron chi connectivity index (χ3n) is 4.69. The summed E-state index contributed by atoms with van der Waals surface area (Å²) in [5, 5.41) is 0.723. The van der Waals surface area contributed by atoms with Crippen molar-refractivity contribution in [2.45, 2.75) is 0 Å². The fourth-order valence-corrected chi connectivity index (χ4v) is 3.40. The van der Waals surface area contributed by atoms with Gasteiger partial charge in [-0.05, 0) is 54.1 Å². The van der Waals surface area contributed by atoms with Gasteiger partial charge in [-0.25, -0.2) is 0 Å². The van der Waals surface area contributed by atoms with E-state index in [0.717, 1.165) is 0 Å². The minimum atomic E-state index is -0.271. The second kappa shape index (κ2) is 8.84. The van der Waals surface area contributed by atoms with E-state index in [1.165, 1.54) is 0 Å². The van der Waals surface area contributed by atoms with Crippen molar-refractivity contribution < 1.29 is 23.8 Å². The molecule has 156 valence electrons. The molecule has 0 unspecified atom stereocenters. The Morgan fingerprint density at radius 2 is 1.77 bits per heavy atom. The molecule has 1 aliphatic rings. The number of hydrogen-bond donors (Lipinski definition) is 0. The van der Waals surface area contributed by atoms with Crippen LogP contribution in [0, 0.1) is 0 Å². The van der Waals surface area contributed by atoms with Crippen LogP contribution in [0.25, 0.3) is 6.08 Å². The molecule has 0 fully saturated rings. The molecule has 0 saturated carbocycles. The second-order valence-electron chi connectivity index (χ2n) is 6.68. The Bertz CT molecular complexity index is 1200. The summed E-state index contributed by atoms with van der Waals surface area (Å²) in [7, 11) is 1.56. The Morgan fingerprint density at radius 1 is 1.03 bits per heavy atom. The van der Waals surface area contributed by atoms with Gasteiger partial charge < -0.3 is 14.2 Å². The molecule has 31 heavy (non-hydrogen) atoms. The number of carbonyl (C=O) groups is 2. The summed E-state index contributed by atoms with van der Waals surface area (Å²) >= 11 is 12.2. The molecule has 1 aliphatic heterocycles. The zero-order valence-corrected chi connectivity index (χ0v) is 17.9.